The highest BCUT2D eigenvalue weighted by Crippen LogP contribution is 2.15. The molecule has 0 bridgehead atoms. The van der Waals surface area contributed by atoms with E-state index < -0.39 is 0 Å². The Hall–Kier alpha value is -0.890. The van der Waals surface area contributed by atoms with Crippen LogP contribution in [0.1, 0.15) is 32.3 Å². The Morgan fingerprint density at radius 3 is 2.67 bits per heavy atom. The Kier molecular flexibility index (Phi) is 10.2. The zero-order valence-electron chi connectivity index (χ0n) is 14.7. The van der Waals surface area contributed by atoms with Gasteiger partial charge in [0.25, 0.3) is 0 Å². The number of halogens is 2. The molecule has 0 aliphatic carbocycles. The number of likely N-dealkylation sites (tertiary alicyclic amines) is 1. The van der Waals surface area contributed by atoms with Crippen LogP contribution in [0.4, 0.5) is 4.39 Å². The van der Waals surface area contributed by atoms with E-state index in [0.717, 1.165) is 31.2 Å². The third kappa shape index (κ3) is 7.34. The molecule has 24 heavy (non-hydrogen) atoms. The molecule has 2 rings (SSSR count). The number of rotatable bonds is 6. The lowest BCUT2D eigenvalue weighted by molar-refractivity contribution is 0.183. The maximum atomic E-state index is 12.9. The molecule has 0 saturated carbocycles. The molecule has 1 aliphatic heterocycles. The highest BCUT2D eigenvalue weighted by atomic mass is 127. The molecule has 1 atom stereocenters. The van der Waals surface area contributed by atoms with Crippen molar-refractivity contribution < 1.29 is 4.39 Å². The van der Waals surface area contributed by atoms with Gasteiger partial charge in [-0.25, -0.2) is 9.38 Å². The lowest BCUT2D eigenvalue weighted by Gasteiger charge is -2.32. The van der Waals surface area contributed by atoms with Crippen LogP contribution in [-0.2, 0) is 6.54 Å². The molecule has 0 radical (unpaired) electrons. The minimum atomic E-state index is -0.208. The van der Waals surface area contributed by atoms with Crippen molar-refractivity contribution in [3.8, 4) is 0 Å². The normalized spacial score (nSPS) is 18.8. The average Bonchev–Trinajstić information content (AvgIpc) is 2.59. The third-order valence-electron chi connectivity index (χ3n) is 4.29. The summed E-state index contributed by atoms with van der Waals surface area (Å²) in [5.41, 5.74) is 1.01. The predicted octanol–water partition coefficient (Wildman–Crippen LogP) is 3.23. The summed E-state index contributed by atoms with van der Waals surface area (Å²) in [5, 5.41) is 6.74. The first-order valence-corrected chi connectivity index (χ1v) is 8.70. The van der Waals surface area contributed by atoms with Gasteiger partial charge in [-0.1, -0.05) is 19.1 Å². The van der Waals surface area contributed by atoms with E-state index in [1.165, 1.54) is 38.1 Å². The Morgan fingerprint density at radius 2 is 2.00 bits per heavy atom. The van der Waals surface area contributed by atoms with Gasteiger partial charge in [-0.05, 0) is 56.5 Å². The number of benzene rings is 1. The van der Waals surface area contributed by atoms with Crippen molar-refractivity contribution in [2.75, 3.05) is 32.7 Å². The fraction of sp³-hybridized carbons (Fsp3) is 0.611. The second-order valence-corrected chi connectivity index (χ2v) is 6.10. The summed E-state index contributed by atoms with van der Waals surface area (Å²) < 4.78 is 12.9. The summed E-state index contributed by atoms with van der Waals surface area (Å²) in [7, 11) is 0. The van der Waals surface area contributed by atoms with E-state index in [1.807, 2.05) is 0 Å². The lowest BCUT2D eigenvalue weighted by Crippen LogP contribution is -2.44. The number of hydrogen-bond donors (Lipinski definition) is 2. The van der Waals surface area contributed by atoms with E-state index in [-0.39, 0.29) is 29.8 Å². The largest absolute Gasteiger partial charge is 0.357 e. The molecule has 1 fully saturated rings. The zero-order valence-corrected chi connectivity index (χ0v) is 17.1. The fourth-order valence-corrected chi connectivity index (χ4v) is 2.95. The number of piperidine rings is 1. The molecule has 1 aliphatic rings. The molecule has 2 N–H and O–H groups in total. The number of nitrogens with one attached hydrogen (secondary N) is 2. The predicted molar refractivity (Wildman–Crippen MR) is 109 cm³/mol. The quantitative estimate of drug-likeness (QED) is 0.399. The van der Waals surface area contributed by atoms with Gasteiger partial charge < -0.3 is 15.5 Å². The van der Waals surface area contributed by atoms with Crippen LogP contribution in [0.3, 0.4) is 0 Å². The van der Waals surface area contributed by atoms with Crippen LogP contribution in [0.5, 0.6) is 0 Å². The highest BCUT2D eigenvalue weighted by Gasteiger charge is 2.18. The van der Waals surface area contributed by atoms with E-state index in [1.54, 1.807) is 12.1 Å². The SMILES string of the molecule is CCNC(=NCc1ccc(F)cc1)NCC1CCCN(CC)C1.I. The van der Waals surface area contributed by atoms with Crippen molar-refractivity contribution in [2.24, 2.45) is 10.9 Å². The number of aliphatic imine (C=N–C) groups is 1. The first-order valence-electron chi connectivity index (χ1n) is 8.70. The maximum absolute atomic E-state index is 12.9. The first-order chi connectivity index (χ1) is 11.2. The van der Waals surface area contributed by atoms with E-state index in [0.29, 0.717) is 12.5 Å². The average molecular weight is 448 g/mol. The van der Waals surface area contributed by atoms with E-state index >= 15 is 0 Å². The summed E-state index contributed by atoms with van der Waals surface area (Å²) in [4.78, 5) is 7.11. The van der Waals surface area contributed by atoms with E-state index in [9.17, 15) is 4.39 Å². The lowest BCUT2D eigenvalue weighted by atomic mass is 9.98. The van der Waals surface area contributed by atoms with Gasteiger partial charge in [0.1, 0.15) is 5.82 Å². The summed E-state index contributed by atoms with van der Waals surface area (Å²) in [6.07, 6.45) is 2.56. The van der Waals surface area contributed by atoms with Gasteiger partial charge in [0.2, 0.25) is 0 Å². The van der Waals surface area contributed by atoms with Gasteiger partial charge in [-0.3, -0.25) is 0 Å². The fourth-order valence-electron chi connectivity index (χ4n) is 2.95. The molecular weight excluding hydrogens is 418 g/mol. The van der Waals surface area contributed by atoms with Crippen molar-refractivity contribution in [3.63, 3.8) is 0 Å². The van der Waals surface area contributed by atoms with Gasteiger partial charge >= 0.3 is 0 Å². The Morgan fingerprint density at radius 1 is 1.25 bits per heavy atom. The van der Waals surface area contributed by atoms with Crippen LogP contribution in [0, 0.1) is 11.7 Å². The van der Waals surface area contributed by atoms with E-state index in [4.69, 9.17) is 0 Å². The van der Waals surface area contributed by atoms with Crippen LogP contribution < -0.4 is 10.6 Å². The van der Waals surface area contributed by atoms with Crippen molar-refractivity contribution in [1.29, 1.82) is 0 Å². The third-order valence-corrected chi connectivity index (χ3v) is 4.29. The number of nitrogens with zero attached hydrogens (tertiary/aromatic N) is 2. The zero-order chi connectivity index (χ0) is 16.5. The molecule has 1 aromatic carbocycles. The first kappa shape index (κ1) is 21.2. The Balaban J connectivity index is 0.00000288. The second kappa shape index (κ2) is 11.6. The molecular formula is C18H30FIN4. The van der Waals surface area contributed by atoms with Gasteiger partial charge in [0.15, 0.2) is 5.96 Å². The summed E-state index contributed by atoms with van der Waals surface area (Å²) in [5.74, 6) is 1.31. The van der Waals surface area contributed by atoms with Crippen LogP contribution in [0.25, 0.3) is 0 Å². The number of guanidine groups is 1. The number of hydrogen-bond acceptors (Lipinski definition) is 2. The molecule has 0 spiro atoms. The van der Waals surface area contributed by atoms with Gasteiger partial charge in [0, 0.05) is 19.6 Å². The Bertz CT molecular complexity index is 492. The van der Waals surface area contributed by atoms with Crippen LogP contribution in [0.15, 0.2) is 29.3 Å². The molecule has 4 nitrogen and oxygen atoms in total. The van der Waals surface area contributed by atoms with Crippen LogP contribution in [-0.4, -0.2) is 43.6 Å². The second-order valence-electron chi connectivity index (χ2n) is 6.10. The topological polar surface area (TPSA) is 39.7 Å². The molecule has 6 heteroatoms. The van der Waals surface area contributed by atoms with Crippen molar-refractivity contribution >= 4 is 29.9 Å². The minimum absolute atomic E-state index is 0. The molecule has 1 aromatic rings. The van der Waals surface area contributed by atoms with Crippen molar-refractivity contribution in [2.45, 2.75) is 33.2 Å². The monoisotopic (exact) mass is 448 g/mol. The van der Waals surface area contributed by atoms with Gasteiger partial charge in [-0.15, -0.1) is 24.0 Å². The van der Waals surface area contributed by atoms with E-state index in [2.05, 4.69) is 34.4 Å². The van der Waals surface area contributed by atoms with Crippen molar-refractivity contribution in [3.05, 3.63) is 35.6 Å². The summed E-state index contributed by atoms with van der Waals surface area (Å²) in [6, 6.07) is 6.52. The summed E-state index contributed by atoms with van der Waals surface area (Å²) >= 11 is 0. The standard InChI is InChI=1S/C18H29FN4.HI/c1-3-20-18(21-12-15-7-9-17(19)10-8-15)22-13-16-6-5-11-23(4-2)14-16;/h7-10,16H,3-6,11-14H2,1-2H3,(H2,20,21,22);1H. The summed E-state index contributed by atoms with van der Waals surface area (Å²) in [6.45, 7) is 10.2. The van der Waals surface area contributed by atoms with Gasteiger partial charge in [-0.2, -0.15) is 0 Å². The van der Waals surface area contributed by atoms with Crippen molar-refractivity contribution in [1.82, 2.24) is 15.5 Å². The molecule has 0 aromatic heterocycles. The van der Waals surface area contributed by atoms with Crippen LogP contribution in [0.2, 0.25) is 0 Å². The highest BCUT2D eigenvalue weighted by molar-refractivity contribution is 14.0. The Labute approximate surface area is 162 Å². The van der Waals surface area contributed by atoms with Gasteiger partial charge in [0.05, 0.1) is 6.54 Å². The molecule has 136 valence electrons. The maximum Gasteiger partial charge on any atom is 0.191 e. The molecule has 1 unspecified atom stereocenters. The van der Waals surface area contributed by atoms with Crippen LogP contribution >= 0.6 is 24.0 Å². The molecule has 1 heterocycles. The smallest absolute Gasteiger partial charge is 0.191 e. The molecule has 1 saturated heterocycles. The molecule has 0 amide bonds. The minimum Gasteiger partial charge on any atom is -0.357 e.